The van der Waals surface area contributed by atoms with Gasteiger partial charge in [-0.1, -0.05) is 52.8 Å². The smallest absolute Gasteiger partial charge is 0.316 e. The zero-order chi connectivity index (χ0) is 36.8. The quantitative estimate of drug-likeness (QED) is 0.143. The highest BCUT2D eigenvalue weighted by Gasteiger charge is 2.38. The van der Waals surface area contributed by atoms with Crippen molar-refractivity contribution in [1.82, 2.24) is 0 Å². The largest absolute Gasteiger partial charge is 0.508 e. The molecule has 3 aromatic carbocycles. The first-order valence-corrected chi connectivity index (χ1v) is 17.2. The van der Waals surface area contributed by atoms with Crippen LogP contribution >= 0.6 is 0 Å². The molecule has 1 heterocycles. The highest BCUT2D eigenvalue weighted by Crippen LogP contribution is 2.32. The van der Waals surface area contributed by atoms with E-state index in [9.17, 15) is 14.4 Å². The SMILES string of the molecule is CCC(C)(C)C(=O)Oc1ccc(O)cc1.CCC(C)(C)C(=O)Oc1ccc2cc(CO)ccc2c1.CCC(C)C(=O)OCC1(CC)COC1. The molecule has 270 valence electrons. The van der Waals surface area contributed by atoms with Gasteiger partial charge in [0.25, 0.3) is 0 Å². The molecule has 9 heteroatoms. The Bertz CT molecular complexity index is 1500. The maximum atomic E-state index is 12.0. The van der Waals surface area contributed by atoms with Gasteiger partial charge in [-0.2, -0.15) is 0 Å². The number of rotatable bonds is 12. The molecule has 1 saturated heterocycles. The lowest BCUT2D eigenvalue weighted by molar-refractivity contribution is -0.173. The van der Waals surface area contributed by atoms with E-state index in [0.29, 0.717) is 18.1 Å². The molecule has 0 amide bonds. The van der Waals surface area contributed by atoms with Gasteiger partial charge in [0.2, 0.25) is 0 Å². The molecule has 49 heavy (non-hydrogen) atoms. The third kappa shape index (κ3) is 12.5. The van der Waals surface area contributed by atoms with Crippen molar-refractivity contribution in [3.8, 4) is 17.2 Å². The van der Waals surface area contributed by atoms with Crippen molar-refractivity contribution in [2.24, 2.45) is 22.2 Å². The van der Waals surface area contributed by atoms with E-state index in [4.69, 9.17) is 29.2 Å². The number of carbonyl (C=O) groups is 3. The lowest BCUT2D eigenvalue weighted by atomic mass is 9.84. The monoisotopic (exact) mass is 680 g/mol. The number of benzene rings is 3. The second-order valence-corrected chi connectivity index (χ2v) is 14.0. The minimum absolute atomic E-state index is 0.0184. The topological polar surface area (TPSA) is 129 Å². The predicted molar refractivity (Wildman–Crippen MR) is 191 cm³/mol. The molecule has 0 aliphatic carbocycles. The highest BCUT2D eigenvalue weighted by atomic mass is 16.6. The standard InChI is InChI=1S/C17H20O3.C12H16O3.C11H20O3/c1-4-17(2,3)16(19)20-15-8-7-13-9-12(11-18)5-6-14(13)10-15;1-4-12(2,3)11(14)15-10-7-5-9(13)6-8-10;1-4-9(3)10(12)14-8-11(5-2)6-13-7-11/h5-10,18H,4,11H2,1-3H3;5-8,13H,4H2,1-3H3;9H,4-8H2,1-3H3. The van der Waals surface area contributed by atoms with Gasteiger partial charge in [-0.25, -0.2) is 0 Å². The van der Waals surface area contributed by atoms with Gasteiger partial charge in [-0.15, -0.1) is 0 Å². The van der Waals surface area contributed by atoms with Crippen molar-refractivity contribution in [1.29, 1.82) is 0 Å². The van der Waals surface area contributed by atoms with Crippen molar-refractivity contribution in [3.63, 3.8) is 0 Å². The van der Waals surface area contributed by atoms with Crippen LogP contribution in [0.4, 0.5) is 0 Å². The lowest BCUT2D eigenvalue weighted by Crippen LogP contribution is -2.46. The first-order valence-electron chi connectivity index (χ1n) is 17.2. The number of fused-ring (bicyclic) bond motifs is 1. The summed E-state index contributed by atoms with van der Waals surface area (Å²) in [5.41, 5.74) is 0.0332. The third-order valence-electron chi connectivity index (χ3n) is 9.29. The molecule has 3 aromatic rings. The van der Waals surface area contributed by atoms with Gasteiger partial charge in [-0.05, 0) is 112 Å². The number of esters is 3. The van der Waals surface area contributed by atoms with Gasteiger partial charge in [0, 0.05) is 0 Å². The fourth-order valence-corrected chi connectivity index (χ4v) is 4.04. The third-order valence-corrected chi connectivity index (χ3v) is 9.29. The summed E-state index contributed by atoms with van der Waals surface area (Å²) in [5, 5.41) is 20.2. The summed E-state index contributed by atoms with van der Waals surface area (Å²) in [6, 6.07) is 17.4. The second-order valence-electron chi connectivity index (χ2n) is 14.0. The van der Waals surface area contributed by atoms with Gasteiger partial charge in [0.15, 0.2) is 0 Å². The first kappa shape index (κ1) is 41.2. The molecule has 4 rings (SSSR count). The summed E-state index contributed by atoms with van der Waals surface area (Å²) in [7, 11) is 0. The molecular formula is C40H56O9. The fraction of sp³-hybridized carbons (Fsp3) is 0.525. The zero-order valence-electron chi connectivity index (χ0n) is 30.8. The molecule has 0 saturated carbocycles. The van der Waals surface area contributed by atoms with E-state index in [2.05, 4.69) is 6.92 Å². The summed E-state index contributed by atoms with van der Waals surface area (Å²) >= 11 is 0. The number of aromatic hydroxyl groups is 1. The summed E-state index contributed by atoms with van der Waals surface area (Å²) in [5.74, 6) is 0.642. The summed E-state index contributed by atoms with van der Waals surface area (Å²) < 4.78 is 21.1. The molecule has 1 unspecified atom stereocenters. The van der Waals surface area contributed by atoms with E-state index >= 15 is 0 Å². The minimum atomic E-state index is -0.476. The highest BCUT2D eigenvalue weighted by molar-refractivity contribution is 5.86. The van der Waals surface area contributed by atoms with Crippen molar-refractivity contribution in [3.05, 3.63) is 66.2 Å². The Kier molecular flexibility index (Phi) is 15.7. The van der Waals surface area contributed by atoms with Crippen LogP contribution in [0.5, 0.6) is 17.2 Å². The maximum Gasteiger partial charge on any atom is 0.316 e. The van der Waals surface area contributed by atoms with Crippen LogP contribution in [-0.2, 0) is 30.5 Å². The van der Waals surface area contributed by atoms with E-state index in [1.807, 2.05) is 85.7 Å². The normalized spacial score (nSPS) is 14.2. The number of aliphatic hydroxyl groups is 1. The summed E-state index contributed by atoms with van der Waals surface area (Å²) in [6.07, 6.45) is 3.32. The lowest BCUT2D eigenvalue weighted by Gasteiger charge is -2.40. The van der Waals surface area contributed by atoms with E-state index < -0.39 is 10.8 Å². The van der Waals surface area contributed by atoms with Crippen molar-refractivity contribution in [2.45, 2.75) is 94.6 Å². The van der Waals surface area contributed by atoms with Crippen LogP contribution in [0, 0.1) is 22.2 Å². The molecule has 0 spiro atoms. The van der Waals surface area contributed by atoms with E-state index in [1.165, 1.54) is 12.1 Å². The Labute approximate surface area is 291 Å². The number of hydrogen-bond acceptors (Lipinski definition) is 9. The molecule has 9 nitrogen and oxygen atoms in total. The van der Waals surface area contributed by atoms with Crippen molar-refractivity contribution >= 4 is 28.7 Å². The van der Waals surface area contributed by atoms with Gasteiger partial charge >= 0.3 is 17.9 Å². The van der Waals surface area contributed by atoms with Crippen LogP contribution in [0.2, 0.25) is 0 Å². The average molecular weight is 681 g/mol. The number of hydrogen-bond donors (Lipinski definition) is 2. The Morgan fingerprint density at radius 2 is 1.31 bits per heavy atom. The van der Waals surface area contributed by atoms with Gasteiger partial charge in [0.1, 0.15) is 23.9 Å². The second kappa shape index (κ2) is 18.7. The van der Waals surface area contributed by atoms with E-state index in [-0.39, 0.29) is 41.6 Å². The molecule has 1 fully saturated rings. The number of phenols is 1. The molecule has 1 aliphatic heterocycles. The molecule has 0 bridgehead atoms. The van der Waals surface area contributed by atoms with Crippen LogP contribution in [0.1, 0.15) is 93.6 Å². The molecule has 1 atom stereocenters. The summed E-state index contributed by atoms with van der Waals surface area (Å²) in [6.45, 7) is 19.4. The maximum absolute atomic E-state index is 12.0. The van der Waals surface area contributed by atoms with Crippen LogP contribution in [-0.4, -0.2) is 47.9 Å². The van der Waals surface area contributed by atoms with E-state index in [0.717, 1.165) is 55.2 Å². The van der Waals surface area contributed by atoms with Crippen LogP contribution in [0.25, 0.3) is 10.8 Å². The van der Waals surface area contributed by atoms with Crippen LogP contribution < -0.4 is 9.47 Å². The Hall–Kier alpha value is -3.95. The summed E-state index contributed by atoms with van der Waals surface area (Å²) in [4.78, 5) is 35.1. The van der Waals surface area contributed by atoms with Crippen molar-refractivity contribution in [2.75, 3.05) is 19.8 Å². The molecular weight excluding hydrogens is 624 g/mol. The predicted octanol–water partition coefficient (Wildman–Crippen LogP) is 8.41. The Morgan fingerprint density at radius 3 is 1.78 bits per heavy atom. The van der Waals surface area contributed by atoms with E-state index in [1.54, 1.807) is 18.2 Å². The fourth-order valence-electron chi connectivity index (χ4n) is 4.04. The van der Waals surface area contributed by atoms with Gasteiger partial charge in [0.05, 0.1) is 42.0 Å². The number of phenolic OH excluding ortho intramolecular Hbond substituents is 1. The van der Waals surface area contributed by atoms with Crippen LogP contribution in [0.3, 0.4) is 0 Å². The zero-order valence-corrected chi connectivity index (χ0v) is 30.8. The molecule has 2 N–H and O–H groups in total. The average Bonchev–Trinajstić information content (AvgIpc) is 3.08. The number of aliphatic hydroxyl groups excluding tert-OH is 1. The first-order chi connectivity index (χ1) is 23.0. The Balaban J connectivity index is 0.000000261. The number of carbonyl (C=O) groups excluding carboxylic acids is 3. The van der Waals surface area contributed by atoms with Gasteiger partial charge < -0.3 is 29.2 Å². The van der Waals surface area contributed by atoms with Crippen LogP contribution in [0.15, 0.2) is 60.7 Å². The minimum Gasteiger partial charge on any atom is -0.508 e. The molecule has 0 aromatic heterocycles. The van der Waals surface area contributed by atoms with Crippen molar-refractivity contribution < 1.29 is 43.5 Å². The Morgan fingerprint density at radius 1 is 0.796 bits per heavy atom. The number of ether oxygens (including phenoxy) is 4. The molecule has 0 radical (unpaired) electrons. The van der Waals surface area contributed by atoms with Gasteiger partial charge in [-0.3, -0.25) is 14.4 Å². The molecule has 1 aliphatic rings.